The molecule has 1 N–H and O–H groups in total. The molecule has 2 amide bonds. The van der Waals surface area contributed by atoms with Gasteiger partial charge in [-0.25, -0.2) is 0 Å². The minimum absolute atomic E-state index is 0.0954. The van der Waals surface area contributed by atoms with Gasteiger partial charge in [0.2, 0.25) is 5.91 Å². The maximum atomic E-state index is 12.7. The molecule has 1 atom stereocenters. The van der Waals surface area contributed by atoms with Crippen molar-refractivity contribution < 1.29 is 9.59 Å². The first kappa shape index (κ1) is 19.0. The smallest absolute Gasteiger partial charge is 0.279 e. The zero-order valence-corrected chi connectivity index (χ0v) is 16.8. The molecular weight excluding hydrogens is 358 g/mol. The zero-order chi connectivity index (χ0) is 19.6. The average molecular weight is 382 g/mol. The highest BCUT2D eigenvalue weighted by Crippen LogP contribution is 2.22. The minimum Gasteiger partial charge on any atom is -0.355 e. The standard InChI is InChI=1S/C21H23N3O2S/c1-5-22-19(25)15(4)24-17-11-8-14(3)12-18(17)27-21(24)23-20(26)16-9-6-13(2)7-10-16/h6-12,15H,5H2,1-4H3,(H,22,25)/t15-/m0/s1. The molecule has 2 aromatic carbocycles. The number of thiazole rings is 1. The summed E-state index contributed by atoms with van der Waals surface area (Å²) in [5.41, 5.74) is 3.65. The van der Waals surface area contributed by atoms with E-state index in [9.17, 15) is 9.59 Å². The molecule has 0 bridgehead atoms. The molecule has 140 valence electrons. The summed E-state index contributed by atoms with van der Waals surface area (Å²) < 4.78 is 2.85. The summed E-state index contributed by atoms with van der Waals surface area (Å²) in [6, 6.07) is 12.9. The molecule has 3 rings (SSSR count). The number of fused-ring (bicyclic) bond motifs is 1. The number of benzene rings is 2. The van der Waals surface area contributed by atoms with Gasteiger partial charge in [0.15, 0.2) is 4.80 Å². The second-order valence-electron chi connectivity index (χ2n) is 6.58. The van der Waals surface area contributed by atoms with Crippen molar-refractivity contribution in [2.24, 2.45) is 4.99 Å². The number of aryl methyl sites for hydroxylation is 2. The Morgan fingerprint density at radius 1 is 1.11 bits per heavy atom. The Bertz CT molecular complexity index is 1060. The fourth-order valence-corrected chi connectivity index (χ4v) is 4.09. The summed E-state index contributed by atoms with van der Waals surface area (Å²) in [6.07, 6.45) is 0. The predicted molar refractivity (Wildman–Crippen MR) is 109 cm³/mol. The lowest BCUT2D eigenvalue weighted by atomic mass is 10.1. The lowest BCUT2D eigenvalue weighted by Crippen LogP contribution is -2.34. The largest absolute Gasteiger partial charge is 0.355 e. The van der Waals surface area contributed by atoms with Crippen LogP contribution in [0.4, 0.5) is 0 Å². The molecule has 0 fully saturated rings. The van der Waals surface area contributed by atoms with Gasteiger partial charge in [-0.1, -0.05) is 35.1 Å². The molecule has 0 aliphatic heterocycles. The van der Waals surface area contributed by atoms with E-state index in [4.69, 9.17) is 0 Å². The topological polar surface area (TPSA) is 63.5 Å². The second-order valence-corrected chi connectivity index (χ2v) is 7.59. The highest BCUT2D eigenvalue weighted by atomic mass is 32.1. The van der Waals surface area contributed by atoms with Crippen LogP contribution in [0.25, 0.3) is 10.2 Å². The Kier molecular flexibility index (Phi) is 5.56. The lowest BCUT2D eigenvalue weighted by Gasteiger charge is -2.14. The van der Waals surface area contributed by atoms with Gasteiger partial charge in [-0.3, -0.25) is 9.59 Å². The van der Waals surface area contributed by atoms with Gasteiger partial charge in [0.25, 0.3) is 5.91 Å². The van der Waals surface area contributed by atoms with Crippen LogP contribution in [0, 0.1) is 13.8 Å². The van der Waals surface area contributed by atoms with Crippen molar-refractivity contribution in [3.63, 3.8) is 0 Å². The van der Waals surface area contributed by atoms with Crippen LogP contribution in [0.5, 0.6) is 0 Å². The summed E-state index contributed by atoms with van der Waals surface area (Å²) in [4.78, 5) is 30.0. The van der Waals surface area contributed by atoms with E-state index in [1.54, 1.807) is 12.1 Å². The maximum Gasteiger partial charge on any atom is 0.279 e. The predicted octanol–water partition coefficient (Wildman–Crippen LogP) is 3.76. The Hall–Kier alpha value is -2.73. The minimum atomic E-state index is -0.467. The number of rotatable bonds is 4. The molecule has 0 unspecified atom stereocenters. The third kappa shape index (κ3) is 4.01. The summed E-state index contributed by atoms with van der Waals surface area (Å²) >= 11 is 1.42. The van der Waals surface area contributed by atoms with Crippen LogP contribution in [0.15, 0.2) is 47.5 Å². The number of carbonyl (C=O) groups is 2. The lowest BCUT2D eigenvalue weighted by molar-refractivity contribution is -0.123. The van der Waals surface area contributed by atoms with Crippen molar-refractivity contribution >= 4 is 33.4 Å². The van der Waals surface area contributed by atoms with Crippen LogP contribution in [-0.4, -0.2) is 22.9 Å². The fourth-order valence-electron chi connectivity index (χ4n) is 2.89. The summed E-state index contributed by atoms with van der Waals surface area (Å²) in [6.45, 7) is 8.26. The van der Waals surface area contributed by atoms with Gasteiger partial charge in [-0.15, -0.1) is 0 Å². The first-order valence-corrected chi connectivity index (χ1v) is 9.77. The number of carbonyl (C=O) groups excluding carboxylic acids is 2. The van der Waals surface area contributed by atoms with Crippen molar-refractivity contribution in [1.82, 2.24) is 9.88 Å². The van der Waals surface area contributed by atoms with Crippen LogP contribution in [-0.2, 0) is 4.79 Å². The summed E-state index contributed by atoms with van der Waals surface area (Å²) in [5.74, 6) is -0.405. The Morgan fingerprint density at radius 3 is 2.44 bits per heavy atom. The van der Waals surface area contributed by atoms with Gasteiger partial charge in [0.1, 0.15) is 6.04 Å². The molecule has 0 saturated heterocycles. The summed E-state index contributed by atoms with van der Waals surface area (Å²) in [7, 11) is 0. The van der Waals surface area contributed by atoms with Gasteiger partial charge in [-0.2, -0.15) is 4.99 Å². The van der Waals surface area contributed by atoms with Gasteiger partial charge in [-0.05, 0) is 57.5 Å². The van der Waals surface area contributed by atoms with Gasteiger partial charge < -0.3 is 9.88 Å². The van der Waals surface area contributed by atoms with Gasteiger partial charge >= 0.3 is 0 Å². The molecule has 0 spiro atoms. The first-order chi connectivity index (χ1) is 12.9. The first-order valence-electron chi connectivity index (χ1n) is 8.96. The number of nitrogens with one attached hydrogen (secondary N) is 1. The van der Waals surface area contributed by atoms with Crippen LogP contribution < -0.4 is 10.1 Å². The summed E-state index contributed by atoms with van der Waals surface area (Å²) in [5, 5.41) is 2.85. The van der Waals surface area contributed by atoms with Gasteiger partial charge in [0, 0.05) is 12.1 Å². The maximum absolute atomic E-state index is 12.7. The van der Waals surface area contributed by atoms with E-state index in [0.29, 0.717) is 16.9 Å². The van der Waals surface area contributed by atoms with E-state index in [1.165, 1.54) is 11.3 Å². The number of amides is 2. The Morgan fingerprint density at radius 2 is 1.78 bits per heavy atom. The molecule has 0 aliphatic carbocycles. The quantitative estimate of drug-likeness (QED) is 0.748. The van der Waals surface area contributed by atoms with Crippen molar-refractivity contribution in [2.45, 2.75) is 33.7 Å². The number of nitrogens with zero attached hydrogens (tertiary/aromatic N) is 2. The average Bonchev–Trinajstić information content (AvgIpc) is 2.98. The normalized spacial score (nSPS) is 13.0. The zero-order valence-electron chi connectivity index (χ0n) is 15.9. The molecule has 0 saturated carbocycles. The number of likely N-dealkylation sites (N-methyl/N-ethyl adjacent to an activating group) is 1. The molecule has 0 radical (unpaired) electrons. The van der Waals surface area contributed by atoms with E-state index in [0.717, 1.165) is 21.3 Å². The van der Waals surface area contributed by atoms with E-state index in [1.807, 2.05) is 56.5 Å². The highest BCUT2D eigenvalue weighted by Gasteiger charge is 2.19. The third-order valence-electron chi connectivity index (χ3n) is 4.40. The number of aromatic nitrogens is 1. The van der Waals surface area contributed by atoms with Crippen LogP contribution >= 0.6 is 11.3 Å². The molecule has 1 aromatic heterocycles. The van der Waals surface area contributed by atoms with Crippen molar-refractivity contribution in [2.75, 3.05) is 6.54 Å². The van der Waals surface area contributed by atoms with Crippen LogP contribution in [0.1, 0.15) is 41.4 Å². The van der Waals surface area contributed by atoms with E-state index < -0.39 is 6.04 Å². The Labute approximate surface area is 162 Å². The van der Waals surface area contributed by atoms with Crippen LogP contribution in [0.3, 0.4) is 0 Å². The molecule has 3 aromatic rings. The third-order valence-corrected chi connectivity index (χ3v) is 5.41. The van der Waals surface area contributed by atoms with Crippen molar-refractivity contribution in [3.8, 4) is 0 Å². The fraction of sp³-hybridized carbons (Fsp3) is 0.286. The van der Waals surface area contributed by atoms with E-state index >= 15 is 0 Å². The number of hydrogen-bond donors (Lipinski definition) is 1. The van der Waals surface area contributed by atoms with Crippen molar-refractivity contribution in [1.29, 1.82) is 0 Å². The highest BCUT2D eigenvalue weighted by molar-refractivity contribution is 7.16. The molecule has 6 heteroatoms. The number of hydrogen-bond acceptors (Lipinski definition) is 3. The molecule has 27 heavy (non-hydrogen) atoms. The van der Waals surface area contributed by atoms with Crippen molar-refractivity contribution in [3.05, 3.63) is 64.0 Å². The molecular formula is C21H23N3O2S. The molecule has 0 aliphatic rings. The van der Waals surface area contributed by atoms with E-state index in [-0.39, 0.29) is 11.8 Å². The molecule has 5 nitrogen and oxygen atoms in total. The Balaban J connectivity index is 2.15. The van der Waals surface area contributed by atoms with E-state index in [2.05, 4.69) is 16.4 Å². The second kappa shape index (κ2) is 7.88. The SMILES string of the molecule is CCNC(=O)[C@H](C)n1c(=NC(=O)c2ccc(C)cc2)sc2cc(C)ccc21. The van der Waals surface area contributed by atoms with Crippen LogP contribution in [0.2, 0.25) is 0 Å². The van der Waals surface area contributed by atoms with Gasteiger partial charge in [0.05, 0.1) is 10.2 Å². The monoisotopic (exact) mass is 381 g/mol. The molecule has 1 heterocycles.